The summed E-state index contributed by atoms with van der Waals surface area (Å²) in [5, 5.41) is 5.33. The van der Waals surface area contributed by atoms with Gasteiger partial charge < -0.3 is 24.8 Å². The van der Waals surface area contributed by atoms with Crippen molar-refractivity contribution in [3.63, 3.8) is 0 Å². The second kappa shape index (κ2) is 15.3. The second-order valence-corrected chi connectivity index (χ2v) is 16.2. The summed E-state index contributed by atoms with van der Waals surface area (Å²) in [6, 6.07) is 43.2. The van der Waals surface area contributed by atoms with Gasteiger partial charge in [0.05, 0.1) is 0 Å². The average molecular weight is 587 g/mol. The predicted octanol–water partition coefficient (Wildman–Crippen LogP) is 3.86. The Labute approximate surface area is 251 Å². The molecule has 0 bridgehead atoms. The molecule has 0 N–H and O–H groups in total. The minimum atomic E-state index is 0. The average Bonchev–Trinajstić information content (AvgIpc) is 3.44. The van der Waals surface area contributed by atoms with Crippen molar-refractivity contribution in [1.29, 1.82) is 0 Å². The molecule has 0 nitrogen and oxygen atoms in total. The quantitative estimate of drug-likeness (QED) is 0.213. The van der Waals surface area contributed by atoms with Crippen molar-refractivity contribution in [1.82, 2.24) is 0 Å². The molecule has 0 saturated heterocycles. The van der Waals surface area contributed by atoms with Crippen molar-refractivity contribution in [2.75, 3.05) is 0 Å². The van der Waals surface area contributed by atoms with Crippen molar-refractivity contribution < 1.29 is 44.0 Å². The molecule has 6 aromatic carbocycles. The normalized spacial score (nSPS) is 9.84. The number of hydrogen-bond acceptors (Lipinski definition) is 0. The first-order valence-corrected chi connectivity index (χ1v) is 17.2. The van der Waals surface area contributed by atoms with Crippen LogP contribution in [0.2, 0.25) is 13.1 Å². The zero-order chi connectivity index (χ0) is 25.5. The molecule has 4 heteroatoms. The minimum absolute atomic E-state index is 0. The van der Waals surface area contributed by atoms with E-state index in [1.54, 1.807) is 0 Å². The van der Waals surface area contributed by atoms with Gasteiger partial charge >= 0.3 is 38.5 Å². The summed E-state index contributed by atoms with van der Waals surface area (Å²) >= 11 is 2.27. The van der Waals surface area contributed by atoms with Crippen LogP contribution in [0.1, 0.15) is 11.1 Å². The van der Waals surface area contributed by atoms with Gasteiger partial charge in [-0.3, -0.25) is 0 Å². The summed E-state index contributed by atoms with van der Waals surface area (Å²) in [4.78, 5) is 0. The minimum Gasteiger partial charge on any atom is -1.00 e. The maximum Gasteiger partial charge on any atom is -0.0200 e. The van der Waals surface area contributed by atoms with E-state index >= 15 is 0 Å². The molecule has 0 amide bonds. The Balaban J connectivity index is 0.000000224. The first-order chi connectivity index (χ1) is 17.4. The first kappa shape index (κ1) is 31.8. The molecule has 0 aliphatic carbocycles. The number of halogens is 2. The third-order valence-electron chi connectivity index (χ3n) is 5.92. The van der Waals surface area contributed by atoms with Crippen molar-refractivity contribution in [2.45, 2.75) is 26.9 Å². The van der Waals surface area contributed by atoms with E-state index in [9.17, 15) is 0 Å². The molecular formula is C34H32Cl2SiTi-2. The van der Waals surface area contributed by atoms with Gasteiger partial charge in [-0.1, -0.05) is 98.8 Å². The van der Waals surface area contributed by atoms with Crippen molar-refractivity contribution in [2.24, 2.45) is 0 Å². The summed E-state index contributed by atoms with van der Waals surface area (Å²) in [6.07, 6.45) is 0.120. The number of aryl methyl sites for hydroxylation is 2. The Morgan fingerprint density at radius 3 is 1.18 bits per heavy atom. The standard InChI is InChI=1S/2C16H13.C2H6Si.2ClH.Ti/c2*1-12-9-14-7-8-15(11-16(14)10-12)13-5-3-2-4-6-13;1-3-2;;;/h2*2-11H,1H3;1-2H3;2*1H;/q2*-1;;;;+2/p-2. The molecule has 0 saturated carbocycles. The van der Waals surface area contributed by atoms with Crippen LogP contribution in [0, 0.1) is 13.8 Å². The number of fused-ring (bicyclic) bond motifs is 2. The molecule has 0 aliphatic rings. The largest absolute Gasteiger partial charge is 1.00 e. The Morgan fingerprint density at radius 1 is 0.500 bits per heavy atom. The second-order valence-electron chi connectivity index (χ2n) is 9.48. The molecule has 6 aromatic rings. The summed E-state index contributed by atoms with van der Waals surface area (Å²) in [5.41, 5.74) is 7.81. The van der Waals surface area contributed by atoms with Gasteiger partial charge in [0.15, 0.2) is 0 Å². The Bertz CT molecular complexity index is 1460. The summed E-state index contributed by atoms with van der Waals surface area (Å²) in [5.74, 6) is 0. The fourth-order valence-electron chi connectivity index (χ4n) is 4.35. The Morgan fingerprint density at radius 2 is 0.842 bits per heavy atom. The van der Waals surface area contributed by atoms with E-state index in [1.165, 1.54) is 54.9 Å². The van der Waals surface area contributed by atoms with E-state index in [1.807, 2.05) is 0 Å². The molecule has 0 unspecified atom stereocenters. The van der Waals surface area contributed by atoms with Crippen LogP contribution in [0.5, 0.6) is 0 Å². The third-order valence-corrected chi connectivity index (χ3v) is 5.92. The van der Waals surface area contributed by atoms with Crippen LogP contribution in [0.4, 0.5) is 0 Å². The van der Waals surface area contributed by atoms with E-state index in [-0.39, 0.29) is 31.0 Å². The zero-order valence-electron chi connectivity index (χ0n) is 22.3. The van der Waals surface area contributed by atoms with Gasteiger partial charge in [0.1, 0.15) is 0 Å². The number of rotatable bonds is 2. The van der Waals surface area contributed by atoms with Crippen molar-refractivity contribution in [3.8, 4) is 22.3 Å². The Kier molecular flexibility index (Phi) is 12.8. The van der Waals surface area contributed by atoms with Crippen LogP contribution < -0.4 is 24.8 Å². The third kappa shape index (κ3) is 8.83. The van der Waals surface area contributed by atoms with Crippen LogP contribution in [0.3, 0.4) is 0 Å². The molecule has 0 spiro atoms. The van der Waals surface area contributed by atoms with Gasteiger partial charge in [0.2, 0.25) is 0 Å². The van der Waals surface area contributed by atoms with E-state index in [2.05, 4.69) is 167 Å². The maximum atomic E-state index is 2.27. The van der Waals surface area contributed by atoms with Crippen LogP contribution in [-0.4, -0.2) is 6.19 Å². The molecule has 6 rings (SSSR count). The van der Waals surface area contributed by atoms with E-state index in [0.717, 1.165) is 0 Å². The molecule has 0 heterocycles. The number of benzene rings is 4. The molecule has 0 aromatic heterocycles. The summed E-state index contributed by atoms with van der Waals surface area (Å²) in [7, 11) is 0. The number of hydrogen-bond donors (Lipinski definition) is 0. The van der Waals surface area contributed by atoms with Gasteiger partial charge in [0, 0.05) is 0 Å². The fraction of sp³-hybridized carbons (Fsp3) is 0.118. The molecule has 192 valence electrons. The molecule has 0 atom stereocenters. The van der Waals surface area contributed by atoms with Gasteiger partial charge in [-0.25, -0.2) is 0 Å². The van der Waals surface area contributed by atoms with Gasteiger partial charge in [-0.2, -0.15) is 12.1 Å². The summed E-state index contributed by atoms with van der Waals surface area (Å²) in [6.45, 7) is 8.82. The van der Waals surface area contributed by atoms with E-state index in [0.29, 0.717) is 0 Å². The maximum absolute atomic E-state index is 2.27. The van der Waals surface area contributed by atoms with Crippen LogP contribution >= 0.6 is 0 Å². The molecule has 0 aliphatic heterocycles. The van der Waals surface area contributed by atoms with E-state index in [4.69, 9.17) is 0 Å². The molecule has 38 heavy (non-hydrogen) atoms. The van der Waals surface area contributed by atoms with Crippen molar-refractivity contribution in [3.05, 3.63) is 132 Å². The smallest absolute Gasteiger partial charge is 0.0200 e. The topological polar surface area (TPSA) is 0 Å². The predicted molar refractivity (Wildman–Crippen MR) is 157 cm³/mol. The fourth-order valence-corrected chi connectivity index (χ4v) is 4.35. The molecule has 0 radical (unpaired) electrons. The molecular weight excluding hydrogens is 555 g/mol. The SMILES string of the molecule is C[Si](C)=[Ti+2].Cc1cc2cc(-c3ccccc3)ccc2[cH-]1.Cc1cc2cc(-c3ccccc3)ccc2[cH-]1.[Cl-].[Cl-]. The van der Waals surface area contributed by atoms with E-state index < -0.39 is 0 Å². The van der Waals surface area contributed by atoms with Crippen molar-refractivity contribution >= 4 is 27.7 Å². The molecule has 0 fully saturated rings. The first-order valence-electron chi connectivity index (χ1n) is 12.4. The summed E-state index contributed by atoms with van der Waals surface area (Å²) < 4.78 is 0. The zero-order valence-corrected chi connectivity index (χ0v) is 26.4. The van der Waals surface area contributed by atoms with Gasteiger partial charge in [-0.15, -0.1) is 56.9 Å². The van der Waals surface area contributed by atoms with Crippen LogP contribution in [0.25, 0.3) is 43.8 Å². The monoisotopic (exact) mass is 586 g/mol. The van der Waals surface area contributed by atoms with Crippen LogP contribution in [0.15, 0.2) is 121 Å². The van der Waals surface area contributed by atoms with Gasteiger partial charge in [0.25, 0.3) is 0 Å². The van der Waals surface area contributed by atoms with Gasteiger partial charge in [-0.05, 0) is 22.3 Å². The Hall–Kier alpha value is -2.39. The van der Waals surface area contributed by atoms with Crippen LogP contribution in [-0.2, 0) is 19.2 Å².